The SMILES string of the molecule is CNCC#Cc1cc([N+](=O)[O-])cnc1C. The number of aromatic nitrogens is 1. The molecule has 0 saturated carbocycles. The van der Waals surface area contributed by atoms with Crippen LogP contribution in [0, 0.1) is 28.9 Å². The largest absolute Gasteiger partial charge is 0.309 e. The molecule has 1 aromatic heterocycles. The van der Waals surface area contributed by atoms with Crippen molar-refractivity contribution in [3.8, 4) is 11.8 Å². The highest BCUT2D eigenvalue weighted by Gasteiger charge is 2.07. The Balaban J connectivity index is 3.02. The second-order valence-corrected chi connectivity index (χ2v) is 2.92. The van der Waals surface area contributed by atoms with E-state index in [0.29, 0.717) is 17.8 Å². The zero-order valence-corrected chi connectivity index (χ0v) is 8.57. The number of aryl methyl sites for hydroxylation is 1. The third kappa shape index (κ3) is 3.04. The van der Waals surface area contributed by atoms with Crippen molar-refractivity contribution in [2.24, 2.45) is 0 Å². The summed E-state index contributed by atoms with van der Waals surface area (Å²) < 4.78 is 0. The molecule has 0 atom stereocenters. The number of hydrogen-bond acceptors (Lipinski definition) is 4. The van der Waals surface area contributed by atoms with Crippen molar-refractivity contribution in [3.63, 3.8) is 0 Å². The van der Waals surface area contributed by atoms with Crippen molar-refractivity contribution in [3.05, 3.63) is 33.6 Å². The summed E-state index contributed by atoms with van der Waals surface area (Å²) >= 11 is 0. The first kappa shape index (κ1) is 11.1. The Morgan fingerprint density at radius 3 is 3.00 bits per heavy atom. The molecule has 5 nitrogen and oxygen atoms in total. The summed E-state index contributed by atoms with van der Waals surface area (Å²) in [6.45, 7) is 2.31. The highest BCUT2D eigenvalue weighted by atomic mass is 16.6. The van der Waals surface area contributed by atoms with Crippen LogP contribution in [0.25, 0.3) is 0 Å². The van der Waals surface area contributed by atoms with Gasteiger partial charge >= 0.3 is 0 Å². The number of nitrogens with one attached hydrogen (secondary N) is 1. The van der Waals surface area contributed by atoms with E-state index in [9.17, 15) is 10.1 Å². The lowest BCUT2D eigenvalue weighted by atomic mass is 10.2. The van der Waals surface area contributed by atoms with Gasteiger partial charge in [-0.2, -0.15) is 0 Å². The molecule has 0 aromatic carbocycles. The maximum absolute atomic E-state index is 10.5. The molecule has 0 aliphatic carbocycles. The highest BCUT2D eigenvalue weighted by molar-refractivity contribution is 5.44. The summed E-state index contributed by atoms with van der Waals surface area (Å²) in [6.07, 6.45) is 1.23. The number of hydrogen-bond donors (Lipinski definition) is 1. The Morgan fingerprint density at radius 2 is 2.40 bits per heavy atom. The predicted octanol–water partition coefficient (Wildman–Crippen LogP) is 0.869. The van der Waals surface area contributed by atoms with Gasteiger partial charge in [0.1, 0.15) is 6.20 Å². The van der Waals surface area contributed by atoms with E-state index in [2.05, 4.69) is 22.1 Å². The summed E-state index contributed by atoms with van der Waals surface area (Å²) in [4.78, 5) is 13.9. The van der Waals surface area contributed by atoms with Gasteiger partial charge < -0.3 is 5.32 Å². The molecule has 0 amide bonds. The van der Waals surface area contributed by atoms with Crippen LogP contribution in [-0.2, 0) is 0 Å². The van der Waals surface area contributed by atoms with E-state index < -0.39 is 4.92 Å². The second-order valence-electron chi connectivity index (χ2n) is 2.92. The quantitative estimate of drug-likeness (QED) is 0.442. The van der Waals surface area contributed by atoms with Crippen molar-refractivity contribution in [1.82, 2.24) is 10.3 Å². The monoisotopic (exact) mass is 205 g/mol. The minimum Gasteiger partial charge on any atom is -0.309 e. The molecule has 1 heterocycles. The number of pyridine rings is 1. The third-order valence-corrected chi connectivity index (χ3v) is 1.77. The molecular weight excluding hydrogens is 194 g/mol. The minimum atomic E-state index is -0.476. The first-order valence-corrected chi connectivity index (χ1v) is 4.39. The molecule has 0 aliphatic rings. The van der Waals surface area contributed by atoms with E-state index in [-0.39, 0.29) is 5.69 Å². The van der Waals surface area contributed by atoms with E-state index in [1.54, 1.807) is 14.0 Å². The molecule has 1 rings (SSSR count). The maximum Gasteiger partial charge on any atom is 0.288 e. The van der Waals surface area contributed by atoms with Crippen LogP contribution >= 0.6 is 0 Å². The average molecular weight is 205 g/mol. The topological polar surface area (TPSA) is 68.1 Å². The fourth-order valence-electron chi connectivity index (χ4n) is 0.976. The number of nitrogens with zero attached hydrogens (tertiary/aromatic N) is 2. The summed E-state index contributed by atoms with van der Waals surface area (Å²) in [5.41, 5.74) is 1.26. The van der Waals surface area contributed by atoms with Gasteiger partial charge in [-0.1, -0.05) is 11.8 Å². The normalized spacial score (nSPS) is 9.20. The van der Waals surface area contributed by atoms with Crippen molar-refractivity contribution >= 4 is 5.69 Å². The molecular formula is C10H11N3O2. The van der Waals surface area contributed by atoms with Crippen molar-refractivity contribution < 1.29 is 4.92 Å². The van der Waals surface area contributed by atoms with Gasteiger partial charge in [-0.05, 0) is 14.0 Å². The van der Waals surface area contributed by atoms with Crippen LogP contribution < -0.4 is 5.32 Å². The van der Waals surface area contributed by atoms with Gasteiger partial charge in [0.15, 0.2) is 0 Å². The Bertz CT molecular complexity index is 432. The molecule has 5 heteroatoms. The van der Waals surface area contributed by atoms with Crippen LogP contribution in [0.4, 0.5) is 5.69 Å². The molecule has 0 saturated heterocycles. The third-order valence-electron chi connectivity index (χ3n) is 1.77. The summed E-state index contributed by atoms with van der Waals surface area (Å²) in [5.74, 6) is 5.66. The zero-order valence-electron chi connectivity index (χ0n) is 8.57. The first-order valence-electron chi connectivity index (χ1n) is 4.39. The molecule has 78 valence electrons. The molecule has 0 radical (unpaired) electrons. The van der Waals surface area contributed by atoms with Crippen LogP contribution in [0.2, 0.25) is 0 Å². The van der Waals surface area contributed by atoms with E-state index in [1.807, 2.05) is 0 Å². The van der Waals surface area contributed by atoms with Crippen LogP contribution in [0.15, 0.2) is 12.3 Å². The fraction of sp³-hybridized carbons (Fsp3) is 0.300. The Hall–Kier alpha value is -1.93. The highest BCUT2D eigenvalue weighted by Crippen LogP contribution is 2.13. The maximum atomic E-state index is 10.5. The molecule has 0 bridgehead atoms. The zero-order chi connectivity index (χ0) is 11.3. The van der Waals surface area contributed by atoms with Gasteiger partial charge in [-0.15, -0.1) is 0 Å². The van der Waals surface area contributed by atoms with Crippen LogP contribution in [0.5, 0.6) is 0 Å². The van der Waals surface area contributed by atoms with Gasteiger partial charge in [0.2, 0.25) is 0 Å². The van der Waals surface area contributed by atoms with Crippen LogP contribution in [0.3, 0.4) is 0 Å². The van der Waals surface area contributed by atoms with Gasteiger partial charge in [0.25, 0.3) is 5.69 Å². The van der Waals surface area contributed by atoms with Gasteiger partial charge in [-0.25, -0.2) is 0 Å². The lowest BCUT2D eigenvalue weighted by Gasteiger charge is -1.96. The van der Waals surface area contributed by atoms with Gasteiger partial charge in [-0.3, -0.25) is 15.1 Å². The summed E-state index contributed by atoms with van der Waals surface area (Å²) in [6, 6.07) is 1.44. The van der Waals surface area contributed by atoms with Gasteiger partial charge in [0, 0.05) is 6.07 Å². The molecule has 0 unspecified atom stereocenters. The van der Waals surface area contributed by atoms with E-state index in [0.717, 1.165) is 0 Å². The van der Waals surface area contributed by atoms with Crippen molar-refractivity contribution in [1.29, 1.82) is 0 Å². The molecule has 0 fully saturated rings. The standard InChI is InChI=1S/C10H11N3O2/c1-8-9(4-3-5-11-2)6-10(7-12-8)13(14)15/h6-7,11H,5H2,1-2H3. The smallest absolute Gasteiger partial charge is 0.288 e. The first-order chi connectivity index (χ1) is 7.15. The van der Waals surface area contributed by atoms with Gasteiger partial charge in [0.05, 0.1) is 22.7 Å². The molecule has 15 heavy (non-hydrogen) atoms. The second kappa shape index (κ2) is 5.08. The lowest BCUT2D eigenvalue weighted by molar-refractivity contribution is -0.385. The minimum absolute atomic E-state index is 0.0330. The fourth-order valence-corrected chi connectivity index (χ4v) is 0.976. The van der Waals surface area contributed by atoms with Crippen LogP contribution in [-0.4, -0.2) is 23.5 Å². The Labute approximate surface area is 87.7 Å². The lowest BCUT2D eigenvalue weighted by Crippen LogP contribution is -2.04. The van der Waals surface area contributed by atoms with Crippen molar-refractivity contribution in [2.75, 3.05) is 13.6 Å². The Morgan fingerprint density at radius 1 is 1.67 bits per heavy atom. The number of nitro groups is 1. The van der Waals surface area contributed by atoms with Crippen LogP contribution in [0.1, 0.15) is 11.3 Å². The van der Waals surface area contributed by atoms with Crippen molar-refractivity contribution in [2.45, 2.75) is 6.92 Å². The van der Waals surface area contributed by atoms with E-state index in [4.69, 9.17) is 0 Å². The average Bonchev–Trinajstić information content (AvgIpc) is 2.20. The molecule has 1 aromatic rings. The molecule has 0 spiro atoms. The van der Waals surface area contributed by atoms with E-state index in [1.165, 1.54) is 12.3 Å². The predicted molar refractivity (Wildman–Crippen MR) is 56.4 cm³/mol. The molecule has 1 N–H and O–H groups in total. The van der Waals surface area contributed by atoms with E-state index >= 15 is 0 Å². The molecule has 0 aliphatic heterocycles. The summed E-state index contributed by atoms with van der Waals surface area (Å²) in [5, 5.41) is 13.4. The number of rotatable bonds is 2. The Kier molecular flexibility index (Phi) is 3.77. The summed E-state index contributed by atoms with van der Waals surface area (Å²) in [7, 11) is 1.78.